The Labute approximate surface area is 271 Å². The summed E-state index contributed by atoms with van der Waals surface area (Å²) in [5, 5.41) is 12.2. The van der Waals surface area contributed by atoms with Gasteiger partial charge in [0, 0.05) is 56.1 Å². The van der Waals surface area contributed by atoms with Crippen LogP contribution in [0.5, 0.6) is 0 Å². The molecule has 0 bridgehead atoms. The predicted molar refractivity (Wildman–Crippen MR) is 174 cm³/mol. The van der Waals surface area contributed by atoms with Gasteiger partial charge in [0.25, 0.3) is 0 Å². The lowest BCUT2D eigenvalue weighted by molar-refractivity contribution is -0.117. The van der Waals surface area contributed by atoms with Gasteiger partial charge < -0.3 is 34.9 Å². The Bertz CT molecular complexity index is 1660. The van der Waals surface area contributed by atoms with Crippen LogP contribution in [0.3, 0.4) is 0 Å². The fraction of sp³-hybridized carbons (Fsp3) is 0.406. The molecule has 236 valence electrons. The lowest BCUT2D eigenvalue weighted by Gasteiger charge is -2.20. The van der Waals surface area contributed by atoms with E-state index in [1.807, 2.05) is 0 Å². The fourth-order valence-electron chi connectivity index (χ4n) is 5.25. The maximum atomic E-state index is 12.4. The van der Waals surface area contributed by atoms with E-state index in [4.69, 9.17) is 29.8 Å². The molecule has 2 heterocycles. The minimum Gasteiger partial charge on any atom is -0.463 e. The lowest BCUT2D eigenvalue weighted by Crippen LogP contribution is -2.23. The number of Topliss-reactive ketones (excluding diaryl/α,β-unsaturated/α-hetero) is 1. The van der Waals surface area contributed by atoms with Crippen LogP contribution in [0, 0.1) is 0 Å². The van der Waals surface area contributed by atoms with Crippen LogP contribution < -0.4 is 11.5 Å². The third-order valence-electron chi connectivity index (χ3n) is 7.49. The van der Waals surface area contributed by atoms with E-state index in [-0.39, 0.29) is 6.61 Å². The number of hydrogen-bond acceptors (Lipinski definition) is 10. The number of rotatable bonds is 5. The van der Waals surface area contributed by atoms with Crippen molar-refractivity contribution in [2.75, 3.05) is 24.7 Å². The second kappa shape index (κ2) is 14.6. The number of esters is 2. The number of benzene rings is 2. The van der Waals surface area contributed by atoms with Crippen molar-refractivity contribution in [3.05, 3.63) is 56.4 Å². The molecule has 0 unspecified atom stereocenters. The maximum Gasteiger partial charge on any atom is 0.342 e. The van der Waals surface area contributed by atoms with E-state index in [0.29, 0.717) is 79.9 Å². The van der Waals surface area contributed by atoms with Crippen molar-refractivity contribution in [3.63, 3.8) is 0 Å². The van der Waals surface area contributed by atoms with Gasteiger partial charge >= 0.3 is 11.9 Å². The first-order valence-corrected chi connectivity index (χ1v) is 16.1. The summed E-state index contributed by atoms with van der Waals surface area (Å²) in [4.78, 5) is 34.2. The minimum absolute atomic E-state index is 0.263. The highest BCUT2D eigenvalue weighted by molar-refractivity contribution is 9.11. The van der Waals surface area contributed by atoms with E-state index in [9.17, 15) is 19.5 Å². The maximum absolute atomic E-state index is 12.4. The second-order valence-corrected chi connectivity index (χ2v) is 12.3. The Kier molecular flexibility index (Phi) is 11.1. The molecule has 0 spiro atoms. The van der Waals surface area contributed by atoms with E-state index in [2.05, 4.69) is 31.9 Å². The molecule has 6 rings (SSSR count). The minimum atomic E-state index is -1.11. The molecule has 0 saturated heterocycles. The Hall–Kier alpha value is -3.35. The molecule has 44 heavy (non-hydrogen) atoms. The standard InChI is InChI=1S/C16H18BrNO4.C11H10BrNO3.C5H8O/c1-2-21-15(19)13-9-7-10(17)11(18)8-12(9)22-14(13)16(20)5-3-4-6-16;1-2-15-11(14)7-5-16-10-4-9(13)8(12)3-6(7)10;6-5-3-1-2-4-5/h7-8,20H,2-6,18H2,1H3;3-5H,2,13H2,1H3;1-4H2. The molecule has 4 aromatic rings. The van der Waals surface area contributed by atoms with E-state index in [1.165, 1.54) is 6.26 Å². The van der Waals surface area contributed by atoms with Crippen molar-refractivity contribution >= 4 is 82.9 Å². The van der Waals surface area contributed by atoms with Crippen LogP contribution in [0.15, 0.2) is 48.3 Å². The van der Waals surface area contributed by atoms with Gasteiger partial charge in [-0.2, -0.15) is 0 Å². The molecule has 10 nitrogen and oxygen atoms in total. The van der Waals surface area contributed by atoms with Gasteiger partial charge in [0.2, 0.25) is 0 Å². The summed E-state index contributed by atoms with van der Waals surface area (Å²) in [7, 11) is 0. The first kappa shape index (κ1) is 33.5. The first-order chi connectivity index (χ1) is 21.0. The van der Waals surface area contributed by atoms with Crippen LogP contribution >= 0.6 is 31.9 Å². The number of nitrogen functional groups attached to an aromatic ring is 2. The van der Waals surface area contributed by atoms with Crippen LogP contribution in [0.25, 0.3) is 21.9 Å². The molecule has 2 saturated carbocycles. The topological polar surface area (TPSA) is 168 Å². The van der Waals surface area contributed by atoms with Gasteiger partial charge in [-0.05, 0) is 96.4 Å². The number of nitrogens with two attached hydrogens (primary N) is 2. The summed E-state index contributed by atoms with van der Waals surface area (Å²) in [5.41, 5.74) is 13.3. The quantitative estimate of drug-likeness (QED) is 0.136. The van der Waals surface area contributed by atoms with Crippen molar-refractivity contribution in [3.8, 4) is 0 Å². The normalized spacial score (nSPS) is 15.4. The molecule has 2 aliphatic carbocycles. The van der Waals surface area contributed by atoms with Gasteiger partial charge in [-0.15, -0.1) is 0 Å². The Morgan fingerprint density at radius 3 is 1.95 bits per heavy atom. The lowest BCUT2D eigenvalue weighted by atomic mass is 9.94. The number of carbonyl (C=O) groups is 3. The molecule has 2 aliphatic rings. The van der Waals surface area contributed by atoms with E-state index < -0.39 is 17.5 Å². The van der Waals surface area contributed by atoms with Gasteiger partial charge in [-0.1, -0.05) is 0 Å². The molecule has 12 heteroatoms. The van der Waals surface area contributed by atoms with Crippen LogP contribution in [0.1, 0.15) is 91.7 Å². The smallest absolute Gasteiger partial charge is 0.342 e. The summed E-state index contributed by atoms with van der Waals surface area (Å²) >= 11 is 6.67. The molecular formula is C32H36Br2N2O8. The monoisotopic (exact) mass is 734 g/mol. The highest BCUT2D eigenvalue weighted by atomic mass is 79.9. The number of furan rings is 2. The predicted octanol–water partition coefficient (Wildman–Crippen LogP) is 7.80. The SMILES string of the molecule is CCOC(=O)c1c(C2(O)CCCC2)oc2cc(N)c(Br)cc12.CCOC(=O)c1coc2cc(N)c(Br)cc12.O=C1CCCC1. The summed E-state index contributed by atoms with van der Waals surface area (Å²) in [5.74, 6) is -0.114. The first-order valence-electron chi connectivity index (χ1n) is 14.6. The highest BCUT2D eigenvalue weighted by Crippen LogP contribution is 2.44. The fourth-order valence-corrected chi connectivity index (χ4v) is 5.94. The number of hydrogen-bond donors (Lipinski definition) is 3. The molecular weight excluding hydrogens is 700 g/mol. The number of anilines is 2. The van der Waals surface area contributed by atoms with Crippen LogP contribution in [-0.4, -0.2) is 36.0 Å². The summed E-state index contributed by atoms with van der Waals surface area (Å²) < 4.78 is 22.6. The molecule has 0 atom stereocenters. The van der Waals surface area contributed by atoms with Crippen molar-refractivity contribution < 1.29 is 37.8 Å². The van der Waals surface area contributed by atoms with Crippen molar-refractivity contribution in [1.29, 1.82) is 0 Å². The molecule has 2 fully saturated rings. The van der Waals surface area contributed by atoms with Crippen molar-refractivity contribution in [2.24, 2.45) is 0 Å². The Morgan fingerprint density at radius 2 is 1.41 bits per heavy atom. The second-order valence-electron chi connectivity index (χ2n) is 10.6. The van der Waals surface area contributed by atoms with E-state index in [0.717, 1.165) is 43.0 Å². The zero-order chi connectivity index (χ0) is 32.0. The van der Waals surface area contributed by atoms with Crippen LogP contribution in [0.2, 0.25) is 0 Å². The third kappa shape index (κ3) is 7.47. The number of fused-ring (bicyclic) bond motifs is 2. The van der Waals surface area contributed by atoms with Gasteiger partial charge in [-0.3, -0.25) is 4.79 Å². The van der Waals surface area contributed by atoms with E-state index in [1.54, 1.807) is 38.1 Å². The number of halogens is 2. The van der Waals surface area contributed by atoms with Gasteiger partial charge in [0.15, 0.2) is 5.76 Å². The number of carbonyl (C=O) groups excluding carboxylic acids is 3. The Balaban J connectivity index is 0.000000174. The average Bonchev–Trinajstić information content (AvgIpc) is 3.78. The summed E-state index contributed by atoms with van der Waals surface area (Å²) in [6.45, 7) is 4.10. The summed E-state index contributed by atoms with van der Waals surface area (Å²) in [6, 6.07) is 6.81. The molecule has 0 aliphatic heterocycles. The number of aliphatic hydroxyl groups is 1. The zero-order valence-corrected chi connectivity index (χ0v) is 27.8. The van der Waals surface area contributed by atoms with Gasteiger partial charge in [0.1, 0.15) is 39.9 Å². The van der Waals surface area contributed by atoms with Crippen molar-refractivity contribution in [2.45, 2.75) is 70.8 Å². The van der Waals surface area contributed by atoms with Gasteiger partial charge in [-0.25, -0.2) is 9.59 Å². The summed E-state index contributed by atoms with van der Waals surface area (Å²) in [6.07, 6.45) is 8.32. The molecule has 0 amide bonds. The molecule has 2 aromatic carbocycles. The third-order valence-corrected chi connectivity index (χ3v) is 8.86. The molecule has 0 radical (unpaired) electrons. The zero-order valence-electron chi connectivity index (χ0n) is 24.7. The number of ether oxygens (including phenoxy) is 2. The van der Waals surface area contributed by atoms with E-state index >= 15 is 0 Å². The van der Waals surface area contributed by atoms with Crippen LogP contribution in [-0.2, 0) is 19.9 Å². The molecule has 5 N–H and O–H groups in total. The van der Waals surface area contributed by atoms with Gasteiger partial charge in [0.05, 0.1) is 13.2 Å². The largest absolute Gasteiger partial charge is 0.463 e. The van der Waals surface area contributed by atoms with Crippen molar-refractivity contribution in [1.82, 2.24) is 0 Å². The highest BCUT2D eigenvalue weighted by Gasteiger charge is 2.41. The Morgan fingerprint density at radius 1 is 0.864 bits per heavy atom. The average molecular weight is 736 g/mol. The number of ketones is 1. The molecule has 2 aromatic heterocycles. The van der Waals surface area contributed by atoms with Crippen LogP contribution in [0.4, 0.5) is 11.4 Å².